The van der Waals surface area contributed by atoms with E-state index in [0.717, 1.165) is 18.2 Å². The quantitative estimate of drug-likeness (QED) is 0.249. The molecular formula is C25H24F5N3O3S. The number of hydrogen-bond acceptors (Lipinski definition) is 5. The Balaban J connectivity index is 1.99. The Kier molecular flexibility index (Phi) is 7.91. The smallest absolute Gasteiger partial charge is 0.412 e. The molecule has 0 aliphatic heterocycles. The number of alkyl halides is 5. The van der Waals surface area contributed by atoms with Crippen LogP contribution in [0.5, 0.6) is 5.75 Å². The minimum Gasteiger partial charge on any atom is -0.496 e. The lowest BCUT2D eigenvalue weighted by atomic mass is 10.0. The van der Waals surface area contributed by atoms with E-state index in [-0.39, 0.29) is 22.6 Å². The Hall–Kier alpha value is -3.54. The first-order chi connectivity index (χ1) is 17.1. The highest BCUT2D eigenvalue weighted by atomic mass is 32.1. The van der Waals surface area contributed by atoms with Crippen molar-refractivity contribution in [2.75, 3.05) is 12.4 Å². The molecular weight excluding hydrogens is 517 g/mol. The van der Waals surface area contributed by atoms with E-state index in [4.69, 9.17) is 4.74 Å². The molecule has 3 rings (SSSR count). The maximum absolute atomic E-state index is 14.1. The molecule has 1 aromatic heterocycles. The SMILES string of the molecule is C=C(CC(C)NC(=O)c1ccc(C(C)(F)F)cc1NC(=O)c1c(OC)ccc2nc(C)sc12)C(F)(F)F. The van der Waals surface area contributed by atoms with Gasteiger partial charge in [0.25, 0.3) is 17.7 Å². The second-order valence-electron chi connectivity index (χ2n) is 8.51. The Labute approximate surface area is 213 Å². The fraction of sp³-hybridized carbons (Fsp3) is 0.320. The molecule has 6 nitrogen and oxygen atoms in total. The van der Waals surface area contributed by atoms with Gasteiger partial charge in [-0.1, -0.05) is 12.6 Å². The average molecular weight is 542 g/mol. The summed E-state index contributed by atoms with van der Waals surface area (Å²) >= 11 is 1.23. The van der Waals surface area contributed by atoms with Crippen LogP contribution in [-0.2, 0) is 5.92 Å². The molecule has 2 amide bonds. The van der Waals surface area contributed by atoms with Gasteiger partial charge in [-0.25, -0.2) is 13.8 Å². The summed E-state index contributed by atoms with van der Waals surface area (Å²) in [6.07, 6.45) is -5.20. The summed E-state index contributed by atoms with van der Waals surface area (Å²) in [6, 6.07) is 5.27. The third-order valence-corrected chi connectivity index (χ3v) is 6.43. The van der Waals surface area contributed by atoms with E-state index >= 15 is 0 Å². The van der Waals surface area contributed by atoms with Gasteiger partial charge in [-0.2, -0.15) is 13.2 Å². The van der Waals surface area contributed by atoms with Gasteiger partial charge in [-0.15, -0.1) is 11.3 Å². The number of methoxy groups -OCH3 is 1. The first-order valence-electron chi connectivity index (χ1n) is 11.0. The van der Waals surface area contributed by atoms with Crippen molar-refractivity contribution >= 4 is 39.1 Å². The van der Waals surface area contributed by atoms with E-state index in [9.17, 15) is 31.5 Å². The highest BCUT2D eigenvalue weighted by Gasteiger charge is 2.33. The summed E-state index contributed by atoms with van der Waals surface area (Å²) in [5, 5.41) is 5.58. The van der Waals surface area contributed by atoms with Crippen molar-refractivity contribution in [3.05, 3.63) is 64.2 Å². The molecule has 1 heterocycles. The van der Waals surface area contributed by atoms with Crippen LogP contribution in [0.15, 0.2) is 42.5 Å². The molecule has 0 fully saturated rings. The number of thiazole rings is 1. The van der Waals surface area contributed by atoms with E-state index in [1.165, 1.54) is 31.4 Å². The van der Waals surface area contributed by atoms with Gasteiger partial charge >= 0.3 is 6.18 Å². The van der Waals surface area contributed by atoms with Crippen LogP contribution in [-0.4, -0.2) is 36.1 Å². The van der Waals surface area contributed by atoms with Crippen LogP contribution < -0.4 is 15.4 Å². The predicted octanol–water partition coefficient (Wildman–Crippen LogP) is 6.60. The lowest BCUT2D eigenvalue weighted by molar-refractivity contribution is -0.0942. The zero-order chi connectivity index (χ0) is 27.7. The lowest BCUT2D eigenvalue weighted by Gasteiger charge is -2.20. The van der Waals surface area contributed by atoms with E-state index in [1.807, 2.05) is 0 Å². The maximum atomic E-state index is 14.1. The lowest BCUT2D eigenvalue weighted by Crippen LogP contribution is -2.34. The first kappa shape index (κ1) is 28.0. The van der Waals surface area contributed by atoms with Crippen LogP contribution in [0.3, 0.4) is 0 Å². The number of nitrogens with one attached hydrogen (secondary N) is 2. The van der Waals surface area contributed by atoms with Crippen LogP contribution in [0.2, 0.25) is 0 Å². The number of anilines is 1. The number of amides is 2. The zero-order valence-corrected chi connectivity index (χ0v) is 21.2. The number of rotatable bonds is 8. The third-order valence-electron chi connectivity index (χ3n) is 5.42. The zero-order valence-electron chi connectivity index (χ0n) is 20.3. The number of fused-ring (bicyclic) bond motifs is 1. The molecule has 0 bridgehead atoms. The van der Waals surface area contributed by atoms with Gasteiger partial charge in [0, 0.05) is 24.1 Å². The Morgan fingerprint density at radius 1 is 1.14 bits per heavy atom. The summed E-state index contributed by atoms with van der Waals surface area (Å²) in [5.41, 5.74) is -1.34. The second-order valence-corrected chi connectivity index (χ2v) is 9.71. The van der Waals surface area contributed by atoms with E-state index < -0.39 is 47.5 Å². The minimum atomic E-state index is -4.62. The summed E-state index contributed by atoms with van der Waals surface area (Å²) < 4.78 is 72.4. The third kappa shape index (κ3) is 6.43. The molecule has 0 saturated carbocycles. The fourth-order valence-electron chi connectivity index (χ4n) is 3.61. The highest BCUT2D eigenvalue weighted by Crippen LogP contribution is 2.35. The molecule has 12 heteroatoms. The van der Waals surface area contributed by atoms with E-state index in [0.29, 0.717) is 22.1 Å². The normalized spacial score (nSPS) is 12.8. The predicted molar refractivity (Wildman–Crippen MR) is 132 cm³/mol. The Morgan fingerprint density at radius 3 is 2.41 bits per heavy atom. The molecule has 198 valence electrons. The number of ether oxygens (including phenoxy) is 1. The number of hydrogen-bond donors (Lipinski definition) is 2. The molecule has 0 aliphatic rings. The number of aromatic nitrogens is 1. The summed E-state index contributed by atoms with van der Waals surface area (Å²) in [6.45, 7) is 6.74. The molecule has 2 N–H and O–H groups in total. The number of aryl methyl sites for hydroxylation is 1. The van der Waals surface area contributed by atoms with Crippen LogP contribution in [0.4, 0.5) is 27.6 Å². The number of nitrogens with zero attached hydrogens (tertiary/aromatic N) is 1. The van der Waals surface area contributed by atoms with Gasteiger partial charge in [-0.05, 0) is 44.5 Å². The van der Waals surface area contributed by atoms with Gasteiger partial charge in [0.05, 0.1) is 33.6 Å². The monoisotopic (exact) mass is 541 g/mol. The number of carbonyl (C=O) groups is 2. The topological polar surface area (TPSA) is 80.3 Å². The largest absolute Gasteiger partial charge is 0.496 e. The van der Waals surface area contributed by atoms with Gasteiger partial charge in [-0.3, -0.25) is 9.59 Å². The van der Waals surface area contributed by atoms with Crippen LogP contribution in [0.25, 0.3) is 10.2 Å². The highest BCUT2D eigenvalue weighted by molar-refractivity contribution is 7.19. The van der Waals surface area contributed by atoms with Crippen molar-refractivity contribution in [3.63, 3.8) is 0 Å². The molecule has 1 unspecified atom stereocenters. The van der Waals surface area contributed by atoms with Crippen molar-refractivity contribution in [1.29, 1.82) is 0 Å². The van der Waals surface area contributed by atoms with Crippen LogP contribution in [0, 0.1) is 6.92 Å². The van der Waals surface area contributed by atoms with Gasteiger partial charge in [0.2, 0.25) is 0 Å². The van der Waals surface area contributed by atoms with E-state index in [1.54, 1.807) is 13.0 Å². The molecule has 0 aliphatic carbocycles. The molecule has 0 saturated heterocycles. The summed E-state index contributed by atoms with van der Waals surface area (Å²) in [5.74, 6) is -4.69. The number of halogens is 5. The van der Waals surface area contributed by atoms with Crippen molar-refractivity contribution in [2.45, 2.75) is 45.3 Å². The van der Waals surface area contributed by atoms with Crippen molar-refractivity contribution < 1.29 is 36.3 Å². The van der Waals surface area contributed by atoms with Crippen LogP contribution in [0.1, 0.15) is 51.6 Å². The maximum Gasteiger partial charge on any atom is 0.412 e. The molecule has 0 radical (unpaired) electrons. The summed E-state index contributed by atoms with van der Waals surface area (Å²) in [4.78, 5) is 30.6. The second kappa shape index (κ2) is 10.4. The minimum absolute atomic E-state index is 0.0977. The fourth-order valence-corrected chi connectivity index (χ4v) is 4.56. The number of carbonyl (C=O) groups excluding carboxylic acids is 2. The molecule has 3 aromatic rings. The van der Waals surface area contributed by atoms with Crippen molar-refractivity contribution in [2.24, 2.45) is 0 Å². The Bertz CT molecular complexity index is 1360. The van der Waals surface area contributed by atoms with Crippen LogP contribution >= 0.6 is 11.3 Å². The van der Waals surface area contributed by atoms with Gasteiger partial charge in [0.1, 0.15) is 11.3 Å². The average Bonchev–Trinajstić information content (AvgIpc) is 3.16. The molecule has 37 heavy (non-hydrogen) atoms. The molecule has 1 atom stereocenters. The van der Waals surface area contributed by atoms with E-state index in [2.05, 4.69) is 22.2 Å². The molecule has 0 spiro atoms. The summed E-state index contributed by atoms with van der Waals surface area (Å²) in [7, 11) is 1.36. The van der Waals surface area contributed by atoms with Gasteiger partial charge < -0.3 is 15.4 Å². The van der Waals surface area contributed by atoms with Crippen molar-refractivity contribution in [1.82, 2.24) is 10.3 Å². The molecule has 2 aromatic carbocycles. The first-order valence-corrected chi connectivity index (χ1v) is 11.8. The van der Waals surface area contributed by atoms with Gasteiger partial charge in [0.15, 0.2) is 0 Å². The Morgan fingerprint density at radius 2 is 1.81 bits per heavy atom. The van der Waals surface area contributed by atoms with Crippen molar-refractivity contribution in [3.8, 4) is 5.75 Å². The standard InChI is InChI=1S/C25H24F5N3O3S/c1-12(25(28,29)30)10-13(2)31-22(34)16-7-6-15(24(4,26)27)11-18(16)33-23(35)20-19(36-5)9-8-17-21(20)37-14(3)32-17/h6-9,11,13H,1,10H2,2-5H3,(H,31,34)(H,33,35). The number of benzene rings is 2.